The number of nitrogens with zero attached hydrogens (tertiary/aromatic N) is 3. The van der Waals surface area contributed by atoms with Crippen LogP contribution in [0.25, 0.3) is 0 Å². The first kappa shape index (κ1) is 23.1. The first-order valence-electron chi connectivity index (χ1n) is 9.60. The maximum Gasteiger partial charge on any atom is 0.191 e. The average molecular weight is 509 g/mol. The molecule has 3 rings (SSSR count). The number of anilines is 1. The second kappa shape index (κ2) is 11.1. The van der Waals surface area contributed by atoms with E-state index in [4.69, 9.17) is 4.74 Å². The zero-order valence-corrected chi connectivity index (χ0v) is 18.8. The predicted octanol–water partition coefficient (Wildman–Crippen LogP) is 2.05. The maximum atomic E-state index is 14.0. The molecule has 2 heterocycles. The molecule has 0 aliphatic carbocycles. The molecular formula is C19H30F2IN5O. The molecule has 0 aromatic heterocycles. The highest BCUT2D eigenvalue weighted by Gasteiger charge is 2.27. The van der Waals surface area contributed by atoms with Gasteiger partial charge in [0.15, 0.2) is 5.96 Å². The first-order valence-corrected chi connectivity index (χ1v) is 9.60. The number of hydrogen-bond acceptors (Lipinski definition) is 4. The molecule has 2 unspecified atom stereocenters. The van der Waals surface area contributed by atoms with Gasteiger partial charge in [-0.15, -0.1) is 24.0 Å². The molecule has 0 saturated carbocycles. The van der Waals surface area contributed by atoms with Gasteiger partial charge in [-0.2, -0.15) is 0 Å². The van der Waals surface area contributed by atoms with Crippen LogP contribution in [0.5, 0.6) is 0 Å². The Balaban J connectivity index is 0.00000280. The minimum atomic E-state index is -0.519. The fourth-order valence-electron chi connectivity index (χ4n) is 3.56. The third-order valence-electron chi connectivity index (χ3n) is 4.92. The lowest BCUT2D eigenvalue weighted by atomic mass is 10.2. The molecule has 1 aromatic carbocycles. The Labute approximate surface area is 182 Å². The lowest BCUT2D eigenvalue weighted by Crippen LogP contribution is -2.46. The van der Waals surface area contributed by atoms with Crippen LogP contribution in [-0.4, -0.2) is 75.9 Å². The SMILES string of the molecule is CCNC(=NCC1CN(C)CCO1)NC1CCN(c2c(F)cccc2F)C1.I. The van der Waals surface area contributed by atoms with E-state index >= 15 is 0 Å². The van der Waals surface area contributed by atoms with Gasteiger partial charge in [-0.25, -0.2) is 8.78 Å². The molecule has 2 saturated heterocycles. The Bertz CT molecular complexity index is 643. The fourth-order valence-corrected chi connectivity index (χ4v) is 3.56. The normalized spacial score (nSPS) is 23.4. The van der Waals surface area contributed by atoms with Crippen molar-refractivity contribution in [2.75, 3.05) is 57.8 Å². The van der Waals surface area contributed by atoms with E-state index in [2.05, 4.69) is 27.6 Å². The number of rotatable bonds is 5. The third kappa shape index (κ3) is 6.15. The Morgan fingerprint density at radius 3 is 2.68 bits per heavy atom. The summed E-state index contributed by atoms with van der Waals surface area (Å²) in [6, 6.07) is 4.06. The summed E-state index contributed by atoms with van der Waals surface area (Å²) in [5.74, 6) is -0.320. The standard InChI is InChI=1S/C19H29F2N5O.HI/c1-3-22-19(23-11-15-13-25(2)9-10-27-15)24-14-7-8-26(12-14)18-16(20)5-4-6-17(18)21;/h4-6,14-15H,3,7-13H2,1-2H3,(H2,22,23,24);1H. The minimum Gasteiger partial charge on any atom is -0.374 e. The number of aliphatic imine (C=N–C) groups is 1. The zero-order valence-electron chi connectivity index (χ0n) is 16.5. The molecule has 1 aromatic rings. The summed E-state index contributed by atoms with van der Waals surface area (Å²) in [7, 11) is 2.08. The zero-order chi connectivity index (χ0) is 19.2. The lowest BCUT2D eigenvalue weighted by Gasteiger charge is -2.29. The van der Waals surface area contributed by atoms with E-state index in [0.717, 1.165) is 38.6 Å². The van der Waals surface area contributed by atoms with Crippen LogP contribution in [-0.2, 0) is 4.74 Å². The van der Waals surface area contributed by atoms with Crippen molar-refractivity contribution in [3.63, 3.8) is 0 Å². The van der Waals surface area contributed by atoms with Crippen LogP contribution in [0.3, 0.4) is 0 Å². The smallest absolute Gasteiger partial charge is 0.191 e. The van der Waals surface area contributed by atoms with E-state index in [0.29, 0.717) is 19.6 Å². The van der Waals surface area contributed by atoms with Crippen LogP contribution in [0.4, 0.5) is 14.5 Å². The number of ether oxygens (including phenoxy) is 1. The van der Waals surface area contributed by atoms with Gasteiger partial charge in [0, 0.05) is 38.8 Å². The highest BCUT2D eigenvalue weighted by Crippen LogP contribution is 2.26. The maximum absolute atomic E-state index is 14.0. The molecule has 158 valence electrons. The molecule has 0 radical (unpaired) electrons. The number of benzene rings is 1. The number of likely N-dealkylation sites (N-methyl/N-ethyl adjacent to an activating group) is 1. The van der Waals surface area contributed by atoms with Crippen LogP contribution in [0.1, 0.15) is 13.3 Å². The number of halogens is 3. The number of morpholine rings is 1. The van der Waals surface area contributed by atoms with Crippen molar-refractivity contribution in [2.45, 2.75) is 25.5 Å². The second-order valence-corrected chi connectivity index (χ2v) is 7.12. The summed E-state index contributed by atoms with van der Waals surface area (Å²) in [4.78, 5) is 8.64. The van der Waals surface area contributed by atoms with Gasteiger partial charge in [0.25, 0.3) is 0 Å². The van der Waals surface area contributed by atoms with Gasteiger partial charge < -0.3 is 25.2 Å². The lowest BCUT2D eigenvalue weighted by molar-refractivity contribution is -0.0136. The van der Waals surface area contributed by atoms with Gasteiger partial charge in [-0.3, -0.25) is 4.99 Å². The largest absolute Gasteiger partial charge is 0.374 e. The average Bonchev–Trinajstić information content (AvgIpc) is 3.08. The summed E-state index contributed by atoms with van der Waals surface area (Å²) >= 11 is 0. The van der Waals surface area contributed by atoms with Gasteiger partial charge in [0.2, 0.25) is 0 Å². The highest BCUT2D eigenvalue weighted by molar-refractivity contribution is 14.0. The second-order valence-electron chi connectivity index (χ2n) is 7.12. The van der Waals surface area contributed by atoms with E-state index in [1.807, 2.05) is 6.92 Å². The number of nitrogens with one attached hydrogen (secondary N) is 2. The van der Waals surface area contributed by atoms with Crippen LogP contribution in [0, 0.1) is 11.6 Å². The molecule has 0 bridgehead atoms. The van der Waals surface area contributed by atoms with Crippen molar-refractivity contribution in [2.24, 2.45) is 4.99 Å². The van der Waals surface area contributed by atoms with Gasteiger partial charge >= 0.3 is 0 Å². The van der Waals surface area contributed by atoms with Crippen LogP contribution >= 0.6 is 24.0 Å². The summed E-state index contributed by atoms with van der Waals surface area (Å²) in [5.41, 5.74) is 0.0578. The summed E-state index contributed by atoms with van der Waals surface area (Å²) in [6.45, 7) is 7.02. The van der Waals surface area contributed by atoms with E-state index in [1.54, 1.807) is 4.90 Å². The number of guanidine groups is 1. The van der Waals surface area contributed by atoms with Crippen molar-refractivity contribution >= 4 is 35.6 Å². The van der Waals surface area contributed by atoms with Gasteiger partial charge in [-0.1, -0.05) is 6.07 Å². The van der Waals surface area contributed by atoms with E-state index in [9.17, 15) is 8.78 Å². The van der Waals surface area contributed by atoms with Gasteiger partial charge in [0.1, 0.15) is 17.3 Å². The van der Waals surface area contributed by atoms with Gasteiger partial charge in [-0.05, 0) is 32.5 Å². The Morgan fingerprint density at radius 2 is 2.00 bits per heavy atom. The molecule has 28 heavy (non-hydrogen) atoms. The van der Waals surface area contributed by atoms with E-state index in [1.165, 1.54) is 18.2 Å². The molecule has 0 spiro atoms. The summed E-state index contributed by atoms with van der Waals surface area (Å²) in [6.07, 6.45) is 0.882. The van der Waals surface area contributed by atoms with Crippen molar-refractivity contribution in [1.29, 1.82) is 0 Å². The number of para-hydroxylation sites is 1. The molecule has 6 nitrogen and oxygen atoms in total. The topological polar surface area (TPSA) is 52.1 Å². The quantitative estimate of drug-likeness (QED) is 0.362. The molecule has 2 fully saturated rings. The van der Waals surface area contributed by atoms with Crippen molar-refractivity contribution in [3.05, 3.63) is 29.8 Å². The number of hydrogen-bond donors (Lipinski definition) is 2. The molecule has 0 amide bonds. The third-order valence-corrected chi connectivity index (χ3v) is 4.92. The first-order chi connectivity index (χ1) is 13.1. The van der Waals surface area contributed by atoms with Crippen LogP contribution < -0.4 is 15.5 Å². The van der Waals surface area contributed by atoms with Gasteiger partial charge in [0.05, 0.1) is 19.3 Å². The molecule has 2 N–H and O–H groups in total. The van der Waals surface area contributed by atoms with Crippen LogP contribution in [0.2, 0.25) is 0 Å². The minimum absolute atomic E-state index is 0. The highest BCUT2D eigenvalue weighted by atomic mass is 127. The summed E-state index contributed by atoms with van der Waals surface area (Å²) < 4.78 is 33.8. The predicted molar refractivity (Wildman–Crippen MR) is 119 cm³/mol. The fraction of sp³-hybridized carbons (Fsp3) is 0.632. The molecule has 2 atom stereocenters. The molecule has 9 heteroatoms. The monoisotopic (exact) mass is 509 g/mol. The molecule has 2 aliphatic heterocycles. The van der Waals surface area contributed by atoms with Crippen molar-refractivity contribution < 1.29 is 13.5 Å². The summed E-state index contributed by atoms with van der Waals surface area (Å²) in [5, 5.41) is 6.63. The molecule has 2 aliphatic rings. The van der Waals surface area contributed by atoms with E-state index < -0.39 is 11.6 Å². The molecular weight excluding hydrogens is 479 g/mol. The van der Waals surface area contributed by atoms with E-state index in [-0.39, 0.29) is 41.8 Å². The Hall–Kier alpha value is -1.20. The van der Waals surface area contributed by atoms with Crippen LogP contribution in [0.15, 0.2) is 23.2 Å². The van der Waals surface area contributed by atoms with Crippen molar-refractivity contribution in [1.82, 2.24) is 15.5 Å². The Kier molecular flexibility index (Phi) is 9.16. The van der Waals surface area contributed by atoms with Crippen molar-refractivity contribution in [3.8, 4) is 0 Å². The Morgan fingerprint density at radius 1 is 1.25 bits per heavy atom.